The molecule has 0 aromatic carbocycles. The first kappa shape index (κ1) is 23.4. The van der Waals surface area contributed by atoms with Gasteiger partial charge in [-0.2, -0.15) is 0 Å². The highest BCUT2D eigenvalue weighted by Gasteiger charge is 2.68. The standard InChI is InChI=1S/C27H44O4/c1-17(2)7-6-8-18(3)20-11-14-27(31-30)22-16-24(29)23-15-19(28)9-12-25(23,4)21(22)10-13-26(20,27)5/h16-21,23,28,30H,6-15H2,1-5H3/t18-,19+,20-,21+,23+,25-,26-,27-/m1/s1. The molecule has 0 amide bonds. The van der Waals surface area contributed by atoms with E-state index in [4.69, 9.17) is 4.89 Å². The molecule has 4 aliphatic carbocycles. The third kappa shape index (κ3) is 3.47. The average molecular weight is 433 g/mol. The van der Waals surface area contributed by atoms with Crippen molar-refractivity contribution in [1.82, 2.24) is 0 Å². The van der Waals surface area contributed by atoms with Gasteiger partial charge >= 0.3 is 0 Å². The summed E-state index contributed by atoms with van der Waals surface area (Å²) in [6, 6.07) is 0. The van der Waals surface area contributed by atoms with Crippen molar-refractivity contribution in [1.29, 1.82) is 0 Å². The Bertz CT molecular complexity index is 729. The zero-order valence-electron chi connectivity index (χ0n) is 20.3. The van der Waals surface area contributed by atoms with Crippen LogP contribution in [0.5, 0.6) is 0 Å². The maximum Gasteiger partial charge on any atom is 0.159 e. The largest absolute Gasteiger partial charge is 0.393 e. The van der Waals surface area contributed by atoms with Crippen LogP contribution in [0.2, 0.25) is 0 Å². The van der Waals surface area contributed by atoms with E-state index in [-0.39, 0.29) is 34.6 Å². The Labute approximate surface area is 188 Å². The first-order valence-electron chi connectivity index (χ1n) is 12.9. The van der Waals surface area contributed by atoms with Crippen molar-refractivity contribution in [2.45, 2.75) is 111 Å². The quantitative estimate of drug-likeness (QED) is 0.388. The van der Waals surface area contributed by atoms with Crippen LogP contribution in [0.1, 0.15) is 98.8 Å². The second-order valence-electron chi connectivity index (χ2n) is 12.4. The fourth-order valence-electron chi connectivity index (χ4n) is 8.49. The van der Waals surface area contributed by atoms with Crippen LogP contribution in [0.3, 0.4) is 0 Å². The van der Waals surface area contributed by atoms with Gasteiger partial charge in [0.2, 0.25) is 0 Å². The highest BCUT2D eigenvalue weighted by molar-refractivity contribution is 5.95. The third-order valence-electron chi connectivity index (χ3n) is 10.4. The van der Waals surface area contributed by atoms with Crippen LogP contribution in [0, 0.1) is 40.4 Å². The van der Waals surface area contributed by atoms with E-state index in [1.165, 1.54) is 19.3 Å². The molecule has 4 rings (SSSR count). The van der Waals surface area contributed by atoms with Gasteiger partial charge in [-0.15, -0.1) is 0 Å². The zero-order valence-corrected chi connectivity index (χ0v) is 20.3. The Morgan fingerprint density at radius 2 is 1.81 bits per heavy atom. The molecule has 0 heterocycles. The summed E-state index contributed by atoms with van der Waals surface area (Å²) in [6.07, 6.45) is 11.4. The van der Waals surface area contributed by atoms with E-state index in [1.54, 1.807) is 0 Å². The van der Waals surface area contributed by atoms with E-state index in [0.717, 1.165) is 50.0 Å². The molecule has 4 aliphatic rings. The fraction of sp³-hybridized carbons (Fsp3) is 0.889. The lowest BCUT2D eigenvalue weighted by molar-refractivity contribution is -0.345. The van der Waals surface area contributed by atoms with Crippen LogP contribution < -0.4 is 0 Å². The Morgan fingerprint density at radius 3 is 2.48 bits per heavy atom. The summed E-state index contributed by atoms with van der Waals surface area (Å²) in [5.74, 6) is 2.13. The number of allylic oxidation sites excluding steroid dienone is 1. The molecule has 3 saturated carbocycles. The molecule has 0 bridgehead atoms. The molecule has 0 aromatic heterocycles. The highest BCUT2D eigenvalue weighted by Crippen LogP contribution is 2.69. The minimum absolute atomic E-state index is 0.0998. The minimum Gasteiger partial charge on any atom is -0.393 e. The van der Waals surface area contributed by atoms with Crippen molar-refractivity contribution in [2.75, 3.05) is 0 Å². The van der Waals surface area contributed by atoms with Crippen molar-refractivity contribution in [3.63, 3.8) is 0 Å². The molecule has 0 aliphatic heterocycles. The smallest absolute Gasteiger partial charge is 0.159 e. The number of aliphatic hydroxyl groups excluding tert-OH is 1. The molecule has 4 heteroatoms. The van der Waals surface area contributed by atoms with Gasteiger partial charge in [0, 0.05) is 11.3 Å². The topological polar surface area (TPSA) is 66.8 Å². The molecule has 3 fully saturated rings. The zero-order chi connectivity index (χ0) is 22.6. The van der Waals surface area contributed by atoms with Gasteiger partial charge in [0.25, 0.3) is 0 Å². The molecule has 0 spiro atoms. The number of rotatable bonds is 6. The van der Waals surface area contributed by atoms with Crippen LogP contribution in [0.4, 0.5) is 0 Å². The second kappa shape index (κ2) is 8.25. The van der Waals surface area contributed by atoms with E-state index in [2.05, 4.69) is 34.6 Å². The number of fused-ring (bicyclic) bond motifs is 5. The van der Waals surface area contributed by atoms with Gasteiger partial charge in [-0.25, -0.2) is 4.89 Å². The number of carbonyl (C=O) groups is 1. The maximum absolute atomic E-state index is 13.3. The lowest BCUT2D eigenvalue weighted by Gasteiger charge is -2.60. The summed E-state index contributed by atoms with van der Waals surface area (Å²) in [5, 5.41) is 20.6. The van der Waals surface area contributed by atoms with E-state index < -0.39 is 5.60 Å². The SMILES string of the molecule is CC(C)CCC[C@@H](C)[C@H]1CC[C@@]2(OO)C3=CC(=O)[C@@H]4C[C@@H](O)CC[C@]4(C)[C@H]3CC[C@]12C. The van der Waals surface area contributed by atoms with Crippen molar-refractivity contribution >= 4 is 5.78 Å². The highest BCUT2D eigenvalue weighted by atomic mass is 17.1. The molecule has 0 saturated heterocycles. The van der Waals surface area contributed by atoms with Crippen molar-refractivity contribution in [2.24, 2.45) is 40.4 Å². The van der Waals surface area contributed by atoms with Crippen LogP contribution in [0.25, 0.3) is 0 Å². The Balaban J connectivity index is 1.65. The molecule has 2 N–H and O–H groups in total. The van der Waals surface area contributed by atoms with Crippen molar-refractivity contribution in [3.8, 4) is 0 Å². The summed E-state index contributed by atoms with van der Waals surface area (Å²) >= 11 is 0. The Morgan fingerprint density at radius 1 is 1.06 bits per heavy atom. The van der Waals surface area contributed by atoms with Crippen LogP contribution in [-0.4, -0.2) is 27.9 Å². The number of hydrogen-bond acceptors (Lipinski definition) is 4. The first-order chi connectivity index (χ1) is 14.6. The van der Waals surface area contributed by atoms with E-state index in [9.17, 15) is 15.2 Å². The van der Waals surface area contributed by atoms with E-state index in [0.29, 0.717) is 18.3 Å². The lowest BCUT2D eigenvalue weighted by atomic mass is 9.46. The molecule has 0 aromatic rings. The first-order valence-corrected chi connectivity index (χ1v) is 12.9. The van der Waals surface area contributed by atoms with Gasteiger partial charge in [0.05, 0.1) is 6.10 Å². The Kier molecular flexibility index (Phi) is 6.24. The predicted octanol–water partition coefficient (Wildman–Crippen LogP) is 6.18. The molecule has 176 valence electrons. The predicted molar refractivity (Wildman–Crippen MR) is 122 cm³/mol. The molecule has 0 radical (unpaired) electrons. The summed E-state index contributed by atoms with van der Waals surface area (Å²) in [5.41, 5.74) is 0.0700. The molecule has 31 heavy (non-hydrogen) atoms. The van der Waals surface area contributed by atoms with E-state index in [1.807, 2.05) is 6.08 Å². The lowest BCUT2D eigenvalue weighted by Crippen LogP contribution is -2.60. The van der Waals surface area contributed by atoms with Gasteiger partial charge in [0.15, 0.2) is 5.78 Å². The van der Waals surface area contributed by atoms with Gasteiger partial charge in [-0.05, 0) is 85.7 Å². The van der Waals surface area contributed by atoms with Crippen LogP contribution in [-0.2, 0) is 9.68 Å². The number of carbonyl (C=O) groups excluding carboxylic acids is 1. The molecule has 4 nitrogen and oxygen atoms in total. The minimum atomic E-state index is -0.730. The summed E-state index contributed by atoms with van der Waals surface area (Å²) in [7, 11) is 0. The van der Waals surface area contributed by atoms with Gasteiger partial charge in [-0.3, -0.25) is 10.1 Å². The van der Waals surface area contributed by atoms with Crippen LogP contribution in [0.15, 0.2) is 11.6 Å². The van der Waals surface area contributed by atoms with Crippen molar-refractivity contribution < 1.29 is 20.0 Å². The molecular weight excluding hydrogens is 388 g/mol. The third-order valence-corrected chi connectivity index (χ3v) is 10.4. The van der Waals surface area contributed by atoms with Crippen molar-refractivity contribution in [3.05, 3.63) is 11.6 Å². The summed E-state index contributed by atoms with van der Waals surface area (Å²) < 4.78 is 0. The van der Waals surface area contributed by atoms with E-state index >= 15 is 0 Å². The molecule has 0 unspecified atom stereocenters. The second-order valence-corrected chi connectivity index (χ2v) is 12.4. The number of aliphatic hydroxyl groups is 1. The van der Waals surface area contributed by atoms with Gasteiger partial charge < -0.3 is 5.11 Å². The molecule has 8 atom stereocenters. The van der Waals surface area contributed by atoms with Crippen LogP contribution >= 0.6 is 0 Å². The Hall–Kier alpha value is -0.710. The van der Waals surface area contributed by atoms with Gasteiger partial charge in [0.1, 0.15) is 5.60 Å². The number of hydrogen-bond donors (Lipinski definition) is 2. The number of ketones is 1. The normalized spacial score (nSPS) is 45.7. The maximum atomic E-state index is 13.3. The monoisotopic (exact) mass is 432 g/mol. The van der Waals surface area contributed by atoms with Gasteiger partial charge in [-0.1, -0.05) is 53.9 Å². The molecular formula is C27H44O4. The summed E-state index contributed by atoms with van der Waals surface area (Å²) in [4.78, 5) is 18.8. The average Bonchev–Trinajstić information content (AvgIpc) is 3.02. The fourth-order valence-corrected chi connectivity index (χ4v) is 8.49. The summed E-state index contributed by atoms with van der Waals surface area (Å²) in [6.45, 7) is 11.5.